The monoisotopic (exact) mass is 283 g/mol. The van der Waals surface area contributed by atoms with Gasteiger partial charge in [-0.2, -0.15) is 11.8 Å². The summed E-state index contributed by atoms with van der Waals surface area (Å²) in [6, 6.07) is 6.07. The van der Waals surface area contributed by atoms with Gasteiger partial charge >= 0.3 is 0 Å². The molecule has 0 bridgehead atoms. The largest absolute Gasteiger partial charge is 0.490 e. The molecule has 1 amide bonds. The van der Waals surface area contributed by atoms with Crippen LogP contribution >= 0.6 is 11.8 Å². The normalized spacial score (nSPS) is 16.4. The van der Waals surface area contributed by atoms with Crippen LogP contribution in [0.3, 0.4) is 0 Å². The molecular formula is C14H18FNO2S. The first-order valence-electron chi connectivity index (χ1n) is 6.38. The molecule has 0 spiro atoms. The third-order valence-electron chi connectivity index (χ3n) is 3.18. The molecule has 5 heteroatoms. The second-order valence-electron chi connectivity index (χ2n) is 4.58. The van der Waals surface area contributed by atoms with Gasteiger partial charge in [-0.15, -0.1) is 0 Å². The fraction of sp³-hybridized carbons (Fsp3) is 0.500. The molecule has 104 valence electrons. The zero-order valence-electron chi connectivity index (χ0n) is 11.0. The van der Waals surface area contributed by atoms with Crippen molar-refractivity contribution in [1.29, 1.82) is 0 Å². The Labute approximate surface area is 117 Å². The highest BCUT2D eigenvalue weighted by molar-refractivity contribution is 7.99. The Hall–Kier alpha value is -1.23. The molecule has 2 rings (SSSR count). The molecular weight excluding hydrogens is 265 g/mol. The van der Waals surface area contributed by atoms with Crippen molar-refractivity contribution in [2.45, 2.75) is 18.9 Å². The predicted molar refractivity (Wildman–Crippen MR) is 75.0 cm³/mol. The molecule has 0 saturated carbocycles. The summed E-state index contributed by atoms with van der Waals surface area (Å²) in [7, 11) is 0. The number of thioether (sulfide) groups is 1. The number of rotatable bonds is 4. The van der Waals surface area contributed by atoms with E-state index in [9.17, 15) is 9.18 Å². The SMILES string of the molecule is CSCC(=O)N1CCC(Oc2ccc(F)cc2)CC1. The van der Waals surface area contributed by atoms with Crippen molar-refractivity contribution >= 4 is 17.7 Å². The molecule has 19 heavy (non-hydrogen) atoms. The summed E-state index contributed by atoms with van der Waals surface area (Å²) in [5.41, 5.74) is 0. The lowest BCUT2D eigenvalue weighted by Crippen LogP contribution is -2.42. The van der Waals surface area contributed by atoms with Gasteiger partial charge in [0.25, 0.3) is 0 Å². The summed E-state index contributed by atoms with van der Waals surface area (Å²) >= 11 is 1.55. The van der Waals surface area contributed by atoms with Gasteiger partial charge in [0, 0.05) is 25.9 Å². The smallest absolute Gasteiger partial charge is 0.232 e. The number of halogens is 1. The molecule has 1 fully saturated rings. The number of amides is 1. The van der Waals surface area contributed by atoms with E-state index in [0.717, 1.165) is 25.9 Å². The summed E-state index contributed by atoms with van der Waals surface area (Å²) in [5, 5.41) is 0. The number of carbonyl (C=O) groups is 1. The number of hydrogen-bond donors (Lipinski definition) is 0. The number of carbonyl (C=O) groups excluding carboxylic acids is 1. The van der Waals surface area contributed by atoms with Crippen molar-refractivity contribution in [3.63, 3.8) is 0 Å². The van der Waals surface area contributed by atoms with Gasteiger partial charge < -0.3 is 9.64 Å². The minimum atomic E-state index is -0.259. The number of ether oxygens (including phenoxy) is 1. The Morgan fingerprint density at radius 2 is 2.00 bits per heavy atom. The predicted octanol–water partition coefficient (Wildman–Crippen LogP) is 2.56. The Balaban J connectivity index is 1.80. The minimum absolute atomic E-state index is 0.115. The van der Waals surface area contributed by atoms with E-state index in [0.29, 0.717) is 11.5 Å². The van der Waals surface area contributed by atoms with Crippen LogP contribution in [-0.2, 0) is 4.79 Å². The van der Waals surface area contributed by atoms with E-state index < -0.39 is 0 Å². The highest BCUT2D eigenvalue weighted by Gasteiger charge is 2.23. The van der Waals surface area contributed by atoms with Crippen LogP contribution in [0.5, 0.6) is 5.75 Å². The zero-order chi connectivity index (χ0) is 13.7. The van der Waals surface area contributed by atoms with Crippen LogP contribution in [0.25, 0.3) is 0 Å². The number of nitrogens with zero attached hydrogens (tertiary/aromatic N) is 1. The van der Waals surface area contributed by atoms with Crippen LogP contribution in [0.1, 0.15) is 12.8 Å². The third kappa shape index (κ3) is 4.13. The lowest BCUT2D eigenvalue weighted by atomic mass is 10.1. The topological polar surface area (TPSA) is 29.5 Å². The molecule has 0 N–H and O–H groups in total. The Morgan fingerprint density at radius 3 is 2.58 bits per heavy atom. The first-order chi connectivity index (χ1) is 9.19. The van der Waals surface area contributed by atoms with E-state index in [1.165, 1.54) is 12.1 Å². The van der Waals surface area contributed by atoms with Gasteiger partial charge in [0.2, 0.25) is 5.91 Å². The average Bonchev–Trinajstić information content (AvgIpc) is 2.42. The molecule has 0 radical (unpaired) electrons. The Bertz CT molecular complexity index is 416. The summed E-state index contributed by atoms with van der Waals surface area (Å²) in [6.45, 7) is 1.48. The van der Waals surface area contributed by atoms with E-state index in [2.05, 4.69) is 0 Å². The van der Waals surface area contributed by atoms with Crippen molar-refractivity contribution in [3.8, 4) is 5.75 Å². The third-order valence-corrected chi connectivity index (χ3v) is 3.71. The molecule has 1 aromatic rings. The Kier molecular flexibility index (Phi) is 5.07. The second kappa shape index (κ2) is 6.80. The van der Waals surface area contributed by atoms with Gasteiger partial charge in [-0.3, -0.25) is 4.79 Å². The lowest BCUT2D eigenvalue weighted by molar-refractivity contribution is -0.130. The van der Waals surface area contributed by atoms with Crippen LogP contribution in [-0.4, -0.2) is 42.0 Å². The van der Waals surface area contributed by atoms with Crippen LogP contribution in [0.15, 0.2) is 24.3 Å². The summed E-state index contributed by atoms with van der Waals surface area (Å²) in [6.07, 6.45) is 3.71. The number of hydrogen-bond acceptors (Lipinski definition) is 3. The van der Waals surface area contributed by atoms with Crippen LogP contribution in [0.4, 0.5) is 4.39 Å². The van der Waals surface area contributed by atoms with Crippen molar-refractivity contribution in [2.24, 2.45) is 0 Å². The molecule has 1 aliphatic rings. The van der Waals surface area contributed by atoms with E-state index in [-0.39, 0.29) is 17.8 Å². The molecule has 0 aliphatic carbocycles. The minimum Gasteiger partial charge on any atom is -0.490 e. The molecule has 0 unspecified atom stereocenters. The van der Waals surface area contributed by atoms with Gasteiger partial charge in [0.15, 0.2) is 0 Å². The molecule has 3 nitrogen and oxygen atoms in total. The van der Waals surface area contributed by atoms with Crippen LogP contribution < -0.4 is 4.74 Å². The highest BCUT2D eigenvalue weighted by Crippen LogP contribution is 2.19. The first kappa shape index (κ1) is 14.2. The number of piperidine rings is 1. The Morgan fingerprint density at radius 1 is 1.37 bits per heavy atom. The van der Waals surface area contributed by atoms with Crippen molar-refractivity contribution in [3.05, 3.63) is 30.1 Å². The lowest BCUT2D eigenvalue weighted by Gasteiger charge is -2.32. The van der Waals surface area contributed by atoms with Crippen molar-refractivity contribution in [1.82, 2.24) is 4.90 Å². The molecule has 1 aliphatic heterocycles. The maximum absolute atomic E-state index is 12.8. The molecule has 0 atom stereocenters. The van der Waals surface area contributed by atoms with E-state index in [4.69, 9.17) is 4.74 Å². The van der Waals surface area contributed by atoms with Crippen LogP contribution in [0.2, 0.25) is 0 Å². The van der Waals surface area contributed by atoms with Crippen molar-refractivity contribution in [2.75, 3.05) is 25.1 Å². The van der Waals surface area contributed by atoms with E-state index in [1.807, 2.05) is 11.2 Å². The number of benzene rings is 1. The molecule has 1 aromatic carbocycles. The average molecular weight is 283 g/mol. The maximum atomic E-state index is 12.8. The highest BCUT2D eigenvalue weighted by atomic mass is 32.2. The second-order valence-corrected chi connectivity index (χ2v) is 5.45. The molecule has 1 saturated heterocycles. The fourth-order valence-corrected chi connectivity index (χ4v) is 2.57. The molecule has 0 aromatic heterocycles. The number of likely N-dealkylation sites (tertiary alicyclic amines) is 1. The van der Waals surface area contributed by atoms with Crippen molar-refractivity contribution < 1.29 is 13.9 Å². The zero-order valence-corrected chi connectivity index (χ0v) is 11.8. The van der Waals surface area contributed by atoms with Gasteiger partial charge in [-0.05, 0) is 30.5 Å². The standard InChI is InChI=1S/C14H18FNO2S/c1-19-10-14(17)16-8-6-13(7-9-16)18-12-4-2-11(15)3-5-12/h2-5,13H,6-10H2,1H3. The van der Waals surface area contributed by atoms with Gasteiger partial charge in [-0.25, -0.2) is 4.39 Å². The summed E-state index contributed by atoms with van der Waals surface area (Å²) < 4.78 is 18.6. The van der Waals surface area contributed by atoms with Crippen LogP contribution in [0, 0.1) is 5.82 Å². The quantitative estimate of drug-likeness (QED) is 0.850. The van der Waals surface area contributed by atoms with Gasteiger partial charge in [0.05, 0.1) is 5.75 Å². The fourth-order valence-electron chi connectivity index (χ4n) is 2.14. The van der Waals surface area contributed by atoms with E-state index >= 15 is 0 Å². The summed E-state index contributed by atoms with van der Waals surface area (Å²) in [5.74, 6) is 1.18. The molecule has 1 heterocycles. The van der Waals surface area contributed by atoms with Gasteiger partial charge in [-0.1, -0.05) is 0 Å². The summed E-state index contributed by atoms with van der Waals surface area (Å²) in [4.78, 5) is 13.6. The van der Waals surface area contributed by atoms with E-state index in [1.54, 1.807) is 23.9 Å². The van der Waals surface area contributed by atoms with Gasteiger partial charge in [0.1, 0.15) is 17.7 Å². The first-order valence-corrected chi connectivity index (χ1v) is 7.77. The maximum Gasteiger partial charge on any atom is 0.232 e.